The lowest BCUT2D eigenvalue weighted by molar-refractivity contribution is -0.145. The maximum absolute atomic E-state index is 12.4. The minimum Gasteiger partial charge on any atom is -0.480 e. The maximum atomic E-state index is 12.4. The smallest absolute Gasteiger partial charge is 0.344 e. The number of esters is 1. The summed E-state index contributed by atoms with van der Waals surface area (Å²) in [7, 11) is 0. The third-order valence-corrected chi connectivity index (χ3v) is 6.27. The van der Waals surface area contributed by atoms with Crippen molar-refractivity contribution < 1.29 is 19.1 Å². The Labute approximate surface area is 201 Å². The van der Waals surface area contributed by atoms with Gasteiger partial charge in [-0.05, 0) is 98.4 Å². The Morgan fingerprint density at radius 1 is 1.16 bits per heavy atom. The maximum Gasteiger partial charge on any atom is 0.344 e. The molecule has 9 heteroatoms. The fraction of sp³-hybridized carbons (Fsp3) is 0.227. The lowest BCUT2D eigenvalue weighted by Gasteiger charge is -2.11. The largest absolute Gasteiger partial charge is 0.480 e. The van der Waals surface area contributed by atoms with Crippen LogP contribution in [0.25, 0.3) is 6.08 Å². The Morgan fingerprint density at radius 3 is 2.45 bits per heavy atom. The molecule has 162 valence electrons. The van der Waals surface area contributed by atoms with Gasteiger partial charge < -0.3 is 14.8 Å². The number of ether oxygens (including phenoxy) is 2. The Morgan fingerprint density at radius 2 is 1.84 bits per heavy atom. The molecule has 2 aromatic carbocycles. The van der Waals surface area contributed by atoms with Crippen molar-refractivity contribution in [3.63, 3.8) is 0 Å². The topological polar surface area (TPSA) is 77.0 Å². The van der Waals surface area contributed by atoms with Gasteiger partial charge in [-0.25, -0.2) is 9.79 Å². The highest BCUT2D eigenvalue weighted by atomic mass is 79.9. The molecule has 0 radical (unpaired) electrons. The van der Waals surface area contributed by atoms with Crippen molar-refractivity contribution in [2.24, 2.45) is 4.99 Å². The van der Waals surface area contributed by atoms with E-state index in [2.05, 4.69) is 49.1 Å². The normalized spacial score (nSPS) is 15.9. The molecule has 1 aliphatic rings. The standard InChI is InChI=1S/C22H20Br2N2O4S/c1-3-13-5-7-15(8-6-13)25-22-26-21(28)18(31-22)11-14-9-16(23)20(17(24)10-14)30-12-19(27)29-4-2/h5-11H,3-4,12H2,1-2H3,(H,25,26,28)/b18-11-. The number of halogens is 2. The Kier molecular flexibility index (Phi) is 8.34. The van der Waals surface area contributed by atoms with Gasteiger partial charge in [0.15, 0.2) is 11.8 Å². The van der Waals surface area contributed by atoms with Gasteiger partial charge in [-0.3, -0.25) is 4.79 Å². The highest BCUT2D eigenvalue weighted by Gasteiger charge is 2.24. The van der Waals surface area contributed by atoms with Gasteiger partial charge in [0.05, 0.1) is 26.1 Å². The zero-order chi connectivity index (χ0) is 22.4. The molecule has 0 atom stereocenters. The van der Waals surface area contributed by atoms with E-state index >= 15 is 0 Å². The molecule has 1 fully saturated rings. The van der Waals surface area contributed by atoms with Crippen LogP contribution in [0.3, 0.4) is 0 Å². The first-order chi connectivity index (χ1) is 14.9. The van der Waals surface area contributed by atoms with Crippen LogP contribution in [-0.4, -0.2) is 30.3 Å². The number of rotatable bonds is 7. The monoisotopic (exact) mass is 566 g/mol. The molecule has 0 unspecified atom stereocenters. The van der Waals surface area contributed by atoms with Crippen molar-refractivity contribution in [1.29, 1.82) is 0 Å². The molecule has 3 rings (SSSR count). The van der Waals surface area contributed by atoms with Crippen molar-refractivity contribution >= 4 is 72.4 Å². The summed E-state index contributed by atoms with van der Waals surface area (Å²) in [5.74, 6) is -0.164. The molecule has 1 N–H and O–H groups in total. The predicted molar refractivity (Wildman–Crippen MR) is 131 cm³/mol. The summed E-state index contributed by atoms with van der Waals surface area (Å²) in [5, 5.41) is 3.33. The fourth-order valence-corrected chi connectivity index (χ4v) is 4.98. The van der Waals surface area contributed by atoms with Crippen LogP contribution in [0.5, 0.6) is 5.75 Å². The van der Waals surface area contributed by atoms with Crippen LogP contribution in [0, 0.1) is 0 Å². The minimum absolute atomic E-state index is 0.192. The molecule has 0 bridgehead atoms. The third-order valence-electron chi connectivity index (χ3n) is 4.18. The van der Waals surface area contributed by atoms with Crippen LogP contribution in [0.2, 0.25) is 0 Å². The van der Waals surface area contributed by atoms with Gasteiger partial charge >= 0.3 is 5.97 Å². The summed E-state index contributed by atoms with van der Waals surface area (Å²) in [6.07, 6.45) is 2.74. The van der Waals surface area contributed by atoms with Crippen LogP contribution in [0.4, 0.5) is 5.69 Å². The number of carbonyl (C=O) groups is 2. The van der Waals surface area contributed by atoms with Gasteiger partial charge in [-0.2, -0.15) is 0 Å². The van der Waals surface area contributed by atoms with Gasteiger partial charge in [0.1, 0.15) is 5.75 Å². The zero-order valence-corrected chi connectivity index (χ0v) is 20.9. The summed E-state index contributed by atoms with van der Waals surface area (Å²) >= 11 is 8.19. The second-order valence-electron chi connectivity index (χ2n) is 6.41. The molecule has 0 aromatic heterocycles. The SMILES string of the molecule is CCOC(=O)COc1c(Br)cc(/C=C2\SC(=Nc3ccc(CC)cc3)NC2=O)cc1Br. The molecule has 1 saturated heterocycles. The van der Waals surface area contributed by atoms with E-state index in [0.29, 0.717) is 31.4 Å². The molecule has 6 nitrogen and oxygen atoms in total. The predicted octanol–water partition coefficient (Wildman–Crippen LogP) is 5.61. The second-order valence-corrected chi connectivity index (χ2v) is 9.15. The Bertz CT molecular complexity index is 1030. The number of nitrogens with one attached hydrogen (secondary N) is 1. The summed E-state index contributed by atoms with van der Waals surface area (Å²) < 4.78 is 11.7. The van der Waals surface area contributed by atoms with E-state index in [1.807, 2.05) is 36.4 Å². The van der Waals surface area contributed by atoms with Gasteiger partial charge in [-0.15, -0.1) is 0 Å². The number of hydrogen-bond donors (Lipinski definition) is 1. The lowest BCUT2D eigenvalue weighted by atomic mass is 10.2. The van der Waals surface area contributed by atoms with Crippen LogP contribution in [-0.2, 0) is 20.7 Å². The van der Waals surface area contributed by atoms with Crippen molar-refractivity contribution in [2.75, 3.05) is 13.2 Å². The van der Waals surface area contributed by atoms with E-state index in [9.17, 15) is 9.59 Å². The number of thioether (sulfide) groups is 1. The average Bonchev–Trinajstić information content (AvgIpc) is 3.06. The highest BCUT2D eigenvalue weighted by molar-refractivity contribution is 9.11. The molecule has 1 amide bonds. The number of nitrogens with zero attached hydrogens (tertiary/aromatic N) is 1. The van der Waals surface area contributed by atoms with E-state index in [1.54, 1.807) is 13.0 Å². The third kappa shape index (κ3) is 6.44. The number of aliphatic imine (C=N–C) groups is 1. The summed E-state index contributed by atoms with van der Waals surface area (Å²) in [4.78, 5) is 28.9. The second kappa shape index (κ2) is 11.0. The van der Waals surface area contributed by atoms with Crippen molar-refractivity contribution in [1.82, 2.24) is 5.32 Å². The van der Waals surface area contributed by atoms with E-state index in [0.717, 1.165) is 17.7 Å². The zero-order valence-electron chi connectivity index (χ0n) is 16.9. The molecule has 1 aliphatic heterocycles. The lowest BCUT2D eigenvalue weighted by Crippen LogP contribution is -2.19. The van der Waals surface area contributed by atoms with Crippen LogP contribution >= 0.6 is 43.6 Å². The number of amidine groups is 1. The number of aryl methyl sites for hydroxylation is 1. The van der Waals surface area contributed by atoms with E-state index in [1.165, 1.54) is 17.3 Å². The van der Waals surface area contributed by atoms with Crippen LogP contribution in [0.1, 0.15) is 25.0 Å². The first-order valence-electron chi connectivity index (χ1n) is 9.55. The number of hydrogen-bond acceptors (Lipinski definition) is 6. The van der Waals surface area contributed by atoms with Gasteiger partial charge in [0.25, 0.3) is 5.91 Å². The molecule has 2 aromatic rings. The van der Waals surface area contributed by atoms with Gasteiger partial charge in [0.2, 0.25) is 0 Å². The van der Waals surface area contributed by atoms with E-state index < -0.39 is 5.97 Å². The van der Waals surface area contributed by atoms with Crippen molar-refractivity contribution in [3.8, 4) is 5.75 Å². The fourth-order valence-electron chi connectivity index (χ4n) is 2.69. The quantitative estimate of drug-likeness (QED) is 0.348. The van der Waals surface area contributed by atoms with Crippen LogP contribution < -0.4 is 10.1 Å². The molecule has 31 heavy (non-hydrogen) atoms. The minimum atomic E-state index is -0.442. The van der Waals surface area contributed by atoms with Crippen LogP contribution in [0.15, 0.2) is 55.2 Å². The number of carbonyl (C=O) groups excluding carboxylic acids is 2. The molecule has 0 saturated carbocycles. The summed E-state index contributed by atoms with van der Waals surface area (Å²) in [5.41, 5.74) is 2.81. The van der Waals surface area contributed by atoms with E-state index in [4.69, 9.17) is 9.47 Å². The first kappa shape index (κ1) is 23.6. The average molecular weight is 568 g/mol. The first-order valence-corrected chi connectivity index (χ1v) is 12.0. The molecule has 1 heterocycles. The van der Waals surface area contributed by atoms with Gasteiger partial charge in [0, 0.05) is 0 Å². The summed E-state index contributed by atoms with van der Waals surface area (Å²) in [6, 6.07) is 11.5. The molecular weight excluding hydrogens is 548 g/mol. The van der Waals surface area contributed by atoms with Gasteiger partial charge in [-0.1, -0.05) is 19.1 Å². The molecule has 0 aliphatic carbocycles. The highest BCUT2D eigenvalue weighted by Crippen LogP contribution is 2.36. The molecule has 0 spiro atoms. The van der Waals surface area contributed by atoms with Crippen molar-refractivity contribution in [2.45, 2.75) is 20.3 Å². The number of amides is 1. The Hall–Kier alpha value is -2.10. The number of benzene rings is 2. The van der Waals surface area contributed by atoms with E-state index in [-0.39, 0.29) is 12.5 Å². The molecular formula is C22H20Br2N2O4S. The summed E-state index contributed by atoms with van der Waals surface area (Å²) in [6.45, 7) is 3.94. The Balaban J connectivity index is 1.74. The van der Waals surface area contributed by atoms with Crippen molar-refractivity contribution in [3.05, 3.63) is 61.4 Å².